The van der Waals surface area contributed by atoms with Crippen molar-refractivity contribution in [1.29, 1.82) is 0 Å². The van der Waals surface area contributed by atoms with Crippen LogP contribution in [0.2, 0.25) is 5.02 Å². The third kappa shape index (κ3) is 4.30. The third-order valence-electron chi connectivity index (χ3n) is 1.97. The van der Waals surface area contributed by atoms with Crippen molar-refractivity contribution in [3.8, 4) is 0 Å². The smallest absolute Gasteiger partial charge is 0.258 e. The van der Waals surface area contributed by atoms with E-state index in [2.05, 4.69) is 4.98 Å². The van der Waals surface area contributed by atoms with E-state index in [9.17, 15) is 10.1 Å². The molecule has 5 heteroatoms. The van der Waals surface area contributed by atoms with Gasteiger partial charge in [0.05, 0.1) is 15.6 Å². The van der Waals surface area contributed by atoms with Crippen LogP contribution >= 0.6 is 11.6 Å². The molecule has 1 aromatic heterocycles. The van der Waals surface area contributed by atoms with Crippen LogP contribution in [-0.2, 0) is 0 Å². The van der Waals surface area contributed by atoms with Crippen LogP contribution in [0, 0.1) is 10.1 Å². The van der Waals surface area contributed by atoms with Gasteiger partial charge in [0, 0.05) is 6.07 Å². The van der Waals surface area contributed by atoms with Crippen LogP contribution in [-0.4, -0.2) is 9.91 Å². The van der Waals surface area contributed by atoms with Gasteiger partial charge in [-0.15, -0.1) is 0 Å². The average Bonchev–Trinajstić information content (AvgIpc) is 2.38. The maximum Gasteiger partial charge on any atom is 0.289 e. The van der Waals surface area contributed by atoms with Gasteiger partial charge in [0.25, 0.3) is 5.69 Å². The zero-order valence-corrected chi connectivity index (χ0v) is 11.7. The molecule has 0 saturated carbocycles. The molecular weight excluding hydrogens is 252 g/mol. The number of hydrogen-bond acceptors (Lipinski definition) is 3. The number of allylic oxidation sites excluding steroid dienone is 4. The Kier molecular flexibility index (Phi) is 7.63. The number of aromatic nitrogens is 1. The lowest BCUT2D eigenvalue weighted by atomic mass is 10.1. The van der Waals surface area contributed by atoms with E-state index in [-0.39, 0.29) is 10.7 Å². The molecule has 0 aromatic carbocycles. The molecule has 1 aromatic rings. The summed E-state index contributed by atoms with van der Waals surface area (Å²) in [5.41, 5.74) is 1.28. The van der Waals surface area contributed by atoms with E-state index < -0.39 is 4.92 Å². The van der Waals surface area contributed by atoms with Crippen LogP contribution in [0.3, 0.4) is 0 Å². The lowest BCUT2D eigenvalue weighted by Gasteiger charge is -2.03. The van der Waals surface area contributed by atoms with Gasteiger partial charge < -0.3 is 0 Å². The maximum atomic E-state index is 10.5. The van der Waals surface area contributed by atoms with Gasteiger partial charge in [-0.05, 0) is 19.4 Å². The highest BCUT2D eigenvalue weighted by atomic mass is 35.5. The molecule has 4 nitrogen and oxygen atoms in total. The highest BCUT2D eigenvalue weighted by Gasteiger charge is 2.12. The van der Waals surface area contributed by atoms with Crippen LogP contribution in [0.5, 0.6) is 0 Å². The molecule has 0 aliphatic carbocycles. The predicted octanol–water partition coefficient (Wildman–Crippen LogP) is 4.65. The Hall–Kier alpha value is -1.68. The fourth-order valence-corrected chi connectivity index (χ4v) is 1.50. The zero-order valence-electron chi connectivity index (χ0n) is 11.0. The summed E-state index contributed by atoms with van der Waals surface area (Å²) in [4.78, 5) is 14.0. The van der Waals surface area contributed by atoms with E-state index >= 15 is 0 Å². The standard InChI is InChI=1S/C11H11ClN2O2.C2H6/c1-3-5-8(4-2)11-10(12)6-9(7-13-11)14(15)16;1-2/h3-7H,1-2H3;1-2H3/b5-3-,8-4+;. The summed E-state index contributed by atoms with van der Waals surface area (Å²) in [6.45, 7) is 7.73. The second kappa shape index (κ2) is 8.42. The molecule has 0 atom stereocenters. The minimum absolute atomic E-state index is 0.107. The fraction of sp³-hybridized carbons (Fsp3) is 0.308. The minimum Gasteiger partial charge on any atom is -0.258 e. The molecule has 18 heavy (non-hydrogen) atoms. The second-order valence-corrected chi connectivity index (χ2v) is 3.43. The van der Waals surface area contributed by atoms with E-state index in [4.69, 9.17) is 11.6 Å². The van der Waals surface area contributed by atoms with Gasteiger partial charge >= 0.3 is 0 Å². The van der Waals surface area contributed by atoms with Gasteiger partial charge in [-0.2, -0.15) is 0 Å². The van der Waals surface area contributed by atoms with Gasteiger partial charge in [0.15, 0.2) is 0 Å². The minimum atomic E-state index is -0.520. The van der Waals surface area contributed by atoms with E-state index in [0.29, 0.717) is 5.69 Å². The summed E-state index contributed by atoms with van der Waals surface area (Å²) in [5, 5.41) is 10.8. The largest absolute Gasteiger partial charge is 0.289 e. The third-order valence-corrected chi connectivity index (χ3v) is 2.26. The normalized spacial score (nSPS) is 11.1. The Bertz CT molecular complexity index is 468. The lowest BCUT2D eigenvalue weighted by molar-refractivity contribution is -0.385. The molecule has 0 radical (unpaired) electrons. The molecule has 0 fully saturated rings. The SMILES string of the molecule is C/C=C\C(=C/C)c1ncc([N+](=O)[O-])cc1Cl.CC. The van der Waals surface area contributed by atoms with Crippen molar-refractivity contribution in [2.45, 2.75) is 27.7 Å². The average molecular weight is 269 g/mol. The molecule has 0 bridgehead atoms. The molecule has 1 rings (SSSR count). The Balaban J connectivity index is 0.00000137. The van der Waals surface area contributed by atoms with Crippen molar-refractivity contribution in [3.05, 3.63) is 51.3 Å². The van der Waals surface area contributed by atoms with Crippen molar-refractivity contribution >= 4 is 22.9 Å². The molecule has 1 heterocycles. The molecule has 0 aliphatic heterocycles. The van der Waals surface area contributed by atoms with E-state index in [1.54, 1.807) is 0 Å². The van der Waals surface area contributed by atoms with Gasteiger partial charge in [-0.1, -0.05) is 43.7 Å². The number of nitrogens with zero attached hydrogens (tertiary/aromatic N) is 2. The fourth-order valence-electron chi connectivity index (χ4n) is 1.23. The molecule has 0 saturated heterocycles. The molecule has 0 aliphatic rings. The molecular formula is C13H17ClN2O2. The first-order valence-electron chi connectivity index (χ1n) is 5.69. The number of nitro groups is 1. The maximum absolute atomic E-state index is 10.5. The van der Waals surface area contributed by atoms with Crippen molar-refractivity contribution in [2.24, 2.45) is 0 Å². The molecule has 0 amide bonds. The quantitative estimate of drug-likeness (QED) is 0.455. The van der Waals surface area contributed by atoms with Crippen LogP contribution in [0.1, 0.15) is 33.4 Å². The van der Waals surface area contributed by atoms with Gasteiger partial charge in [-0.3, -0.25) is 10.1 Å². The summed E-state index contributed by atoms with van der Waals surface area (Å²) in [7, 11) is 0. The van der Waals surface area contributed by atoms with Crippen molar-refractivity contribution < 1.29 is 4.92 Å². The van der Waals surface area contributed by atoms with E-state index in [1.165, 1.54) is 12.3 Å². The number of pyridine rings is 1. The summed E-state index contributed by atoms with van der Waals surface area (Å²) >= 11 is 5.94. The van der Waals surface area contributed by atoms with E-state index in [0.717, 1.165) is 5.57 Å². The molecule has 0 spiro atoms. The van der Waals surface area contributed by atoms with Crippen LogP contribution < -0.4 is 0 Å². The Labute approximate surface area is 112 Å². The van der Waals surface area contributed by atoms with Crippen molar-refractivity contribution in [3.63, 3.8) is 0 Å². The zero-order chi connectivity index (χ0) is 14.1. The summed E-state index contributed by atoms with van der Waals surface area (Å²) in [6.07, 6.45) is 6.75. The lowest BCUT2D eigenvalue weighted by Crippen LogP contribution is -1.93. The van der Waals surface area contributed by atoms with Crippen LogP contribution in [0.4, 0.5) is 5.69 Å². The molecule has 0 N–H and O–H groups in total. The Morgan fingerprint density at radius 2 is 2.06 bits per heavy atom. The first-order valence-corrected chi connectivity index (χ1v) is 6.07. The predicted molar refractivity (Wildman–Crippen MR) is 75.7 cm³/mol. The second-order valence-electron chi connectivity index (χ2n) is 3.03. The highest BCUT2D eigenvalue weighted by molar-refractivity contribution is 6.32. The Morgan fingerprint density at radius 1 is 1.44 bits per heavy atom. The first kappa shape index (κ1) is 16.3. The number of halogens is 1. The van der Waals surface area contributed by atoms with Crippen LogP contribution in [0.15, 0.2) is 30.5 Å². The highest BCUT2D eigenvalue weighted by Crippen LogP contribution is 2.26. The molecule has 0 unspecified atom stereocenters. The number of hydrogen-bond donors (Lipinski definition) is 0. The van der Waals surface area contributed by atoms with E-state index in [1.807, 2.05) is 45.9 Å². The molecule has 98 valence electrons. The van der Waals surface area contributed by atoms with Gasteiger partial charge in [-0.25, -0.2) is 4.98 Å². The summed E-state index contributed by atoms with van der Waals surface area (Å²) in [6, 6.07) is 1.30. The van der Waals surface area contributed by atoms with Crippen LogP contribution in [0.25, 0.3) is 5.57 Å². The summed E-state index contributed by atoms with van der Waals surface area (Å²) in [5.74, 6) is 0. The first-order chi connectivity index (χ1) is 8.60. The monoisotopic (exact) mass is 268 g/mol. The van der Waals surface area contributed by atoms with Crippen molar-refractivity contribution in [1.82, 2.24) is 4.98 Å². The van der Waals surface area contributed by atoms with Gasteiger partial charge in [0.1, 0.15) is 6.20 Å². The van der Waals surface area contributed by atoms with Gasteiger partial charge in [0.2, 0.25) is 0 Å². The number of rotatable bonds is 3. The Morgan fingerprint density at radius 3 is 2.44 bits per heavy atom. The summed E-state index contributed by atoms with van der Waals surface area (Å²) < 4.78 is 0. The topological polar surface area (TPSA) is 56.0 Å². The van der Waals surface area contributed by atoms with Crippen molar-refractivity contribution in [2.75, 3.05) is 0 Å².